The van der Waals surface area contributed by atoms with Crippen LogP contribution in [0.25, 0.3) is 22.4 Å². The zero-order valence-corrected chi connectivity index (χ0v) is 24.5. The van der Waals surface area contributed by atoms with Gasteiger partial charge >= 0.3 is 5.69 Å². The molecule has 0 saturated carbocycles. The van der Waals surface area contributed by atoms with Gasteiger partial charge in [-0.05, 0) is 12.1 Å². The Morgan fingerprint density at radius 1 is 1.02 bits per heavy atom. The van der Waals surface area contributed by atoms with Crippen molar-refractivity contribution in [1.29, 1.82) is 0 Å². The highest BCUT2D eigenvalue weighted by Gasteiger charge is 2.20. The number of benzene rings is 2. The van der Waals surface area contributed by atoms with Crippen molar-refractivity contribution >= 4 is 34.8 Å². The first-order valence-electron chi connectivity index (χ1n) is 12.8. The maximum atomic E-state index is 13.0. The van der Waals surface area contributed by atoms with E-state index in [2.05, 4.69) is 15.6 Å². The van der Waals surface area contributed by atoms with E-state index in [0.29, 0.717) is 39.8 Å². The number of hydrogen-bond acceptors (Lipinski definition) is 8. The molecular weight excluding hydrogens is 585 g/mol. The molecule has 4 N–H and O–H groups in total. The summed E-state index contributed by atoms with van der Waals surface area (Å²) in [5.41, 5.74) is 1.77. The fourth-order valence-electron chi connectivity index (χ4n) is 4.30. The van der Waals surface area contributed by atoms with Gasteiger partial charge in [0.25, 0.3) is 11.5 Å². The van der Waals surface area contributed by atoms with Crippen LogP contribution in [0, 0.1) is 0 Å². The Kier molecular flexibility index (Phi) is 9.81. The monoisotopic (exact) mass is 613 g/mol. The molecular formula is C29H29Cl2N5O6. The van der Waals surface area contributed by atoms with Crippen LogP contribution in [0.3, 0.4) is 0 Å². The second-order valence-electron chi connectivity index (χ2n) is 9.42. The van der Waals surface area contributed by atoms with Crippen molar-refractivity contribution in [2.24, 2.45) is 14.1 Å². The third-order valence-electron chi connectivity index (χ3n) is 6.54. The largest absolute Gasteiger partial charge is 0.481 e. The number of methoxy groups -OCH3 is 1. The zero-order chi connectivity index (χ0) is 30.6. The van der Waals surface area contributed by atoms with Crippen LogP contribution in [0.5, 0.6) is 5.88 Å². The van der Waals surface area contributed by atoms with Gasteiger partial charge in [-0.2, -0.15) is 0 Å². The Labute approximate surface area is 250 Å². The highest BCUT2D eigenvalue weighted by atomic mass is 35.5. The first kappa shape index (κ1) is 30.9. The van der Waals surface area contributed by atoms with Gasteiger partial charge in [0, 0.05) is 55.6 Å². The van der Waals surface area contributed by atoms with Crippen LogP contribution in [-0.2, 0) is 20.6 Å². The van der Waals surface area contributed by atoms with Gasteiger partial charge in [0.15, 0.2) is 0 Å². The fraction of sp³-hybridized carbons (Fsp3) is 0.241. The standard InChI is InChI=1S/C29H29Cl2N5O6/c1-35-14-21(28(40)36(2)29(35)41)26(39)33-23-9-5-7-19(25(23)31)18-6-4-8-20(24(18)30)22-11-10-16(27(34-22)42-3)12-32-13-17(38)15-37/h4-11,14,17,32,37-38H,12-13,15H2,1-3H3,(H,33,39). The second-order valence-corrected chi connectivity index (χ2v) is 10.2. The third kappa shape index (κ3) is 6.40. The van der Waals surface area contributed by atoms with Crippen molar-refractivity contribution in [3.8, 4) is 28.3 Å². The van der Waals surface area contributed by atoms with Crippen LogP contribution in [0.2, 0.25) is 10.0 Å². The van der Waals surface area contributed by atoms with E-state index < -0.39 is 23.3 Å². The quantitative estimate of drug-likeness (QED) is 0.213. The lowest BCUT2D eigenvalue weighted by molar-refractivity contribution is 0.0941. The number of aryl methyl sites for hydroxylation is 1. The molecule has 1 amide bonds. The van der Waals surface area contributed by atoms with Crippen LogP contribution < -0.4 is 26.6 Å². The van der Waals surface area contributed by atoms with Crippen LogP contribution in [0.1, 0.15) is 15.9 Å². The van der Waals surface area contributed by atoms with E-state index in [4.69, 9.17) is 33.0 Å². The number of nitrogens with one attached hydrogen (secondary N) is 2. The molecule has 0 aliphatic heterocycles. The number of amides is 1. The van der Waals surface area contributed by atoms with Crippen molar-refractivity contribution in [1.82, 2.24) is 19.4 Å². The first-order chi connectivity index (χ1) is 20.1. The van der Waals surface area contributed by atoms with Gasteiger partial charge in [0.2, 0.25) is 5.88 Å². The van der Waals surface area contributed by atoms with Crippen LogP contribution in [-0.4, -0.2) is 56.6 Å². The predicted molar refractivity (Wildman–Crippen MR) is 161 cm³/mol. The summed E-state index contributed by atoms with van der Waals surface area (Å²) in [5, 5.41) is 24.8. The summed E-state index contributed by atoms with van der Waals surface area (Å²) in [6.45, 7) is 0.225. The molecule has 0 aliphatic carbocycles. The van der Waals surface area contributed by atoms with E-state index in [9.17, 15) is 19.5 Å². The molecule has 2 aromatic heterocycles. The topological polar surface area (TPSA) is 148 Å². The Balaban J connectivity index is 1.65. The van der Waals surface area contributed by atoms with E-state index in [0.717, 1.165) is 14.7 Å². The summed E-state index contributed by atoms with van der Waals surface area (Å²) in [7, 11) is 4.24. The molecule has 2 aromatic carbocycles. The molecule has 0 bridgehead atoms. The highest BCUT2D eigenvalue weighted by molar-refractivity contribution is 6.39. The van der Waals surface area contributed by atoms with E-state index in [1.165, 1.54) is 27.4 Å². The van der Waals surface area contributed by atoms with Gasteiger partial charge in [0.1, 0.15) is 5.56 Å². The number of aliphatic hydroxyl groups excluding tert-OH is 2. The summed E-state index contributed by atoms with van der Waals surface area (Å²) in [6, 6.07) is 14.0. The summed E-state index contributed by atoms with van der Waals surface area (Å²) in [4.78, 5) is 42.1. The van der Waals surface area contributed by atoms with Crippen molar-refractivity contribution < 1.29 is 19.7 Å². The van der Waals surface area contributed by atoms with Gasteiger partial charge < -0.3 is 30.2 Å². The minimum absolute atomic E-state index is 0.198. The minimum atomic E-state index is -0.871. The number of hydrogen-bond donors (Lipinski definition) is 4. The molecule has 1 atom stereocenters. The van der Waals surface area contributed by atoms with Gasteiger partial charge in [-0.1, -0.05) is 59.6 Å². The third-order valence-corrected chi connectivity index (χ3v) is 7.36. The Hall–Kier alpha value is -4.00. The summed E-state index contributed by atoms with van der Waals surface area (Å²) in [6.07, 6.45) is 0.309. The maximum Gasteiger partial charge on any atom is 0.330 e. The highest BCUT2D eigenvalue weighted by Crippen LogP contribution is 2.41. The smallest absolute Gasteiger partial charge is 0.330 e. The fourth-order valence-corrected chi connectivity index (χ4v) is 4.90. The van der Waals surface area contributed by atoms with Crippen molar-refractivity contribution in [2.45, 2.75) is 12.6 Å². The maximum absolute atomic E-state index is 13.0. The first-order valence-corrected chi connectivity index (χ1v) is 13.5. The molecule has 220 valence electrons. The number of carbonyl (C=O) groups excluding carboxylic acids is 1. The Morgan fingerprint density at radius 2 is 1.69 bits per heavy atom. The second kappa shape index (κ2) is 13.3. The van der Waals surface area contributed by atoms with Crippen LogP contribution in [0.15, 0.2) is 64.3 Å². The summed E-state index contributed by atoms with van der Waals surface area (Å²) < 4.78 is 7.47. The normalized spacial score (nSPS) is 11.8. The molecule has 4 aromatic rings. The molecule has 0 fully saturated rings. The molecule has 13 heteroatoms. The molecule has 42 heavy (non-hydrogen) atoms. The molecule has 0 spiro atoms. The van der Waals surface area contributed by atoms with Gasteiger partial charge in [0.05, 0.1) is 41.2 Å². The van der Waals surface area contributed by atoms with Crippen molar-refractivity contribution in [2.75, 3.05) is 25.6 Å². The molecule has 11 nitrogen and oxygen atoms in total. The van der Waals surface area contributed by atoms with Gasteiger partial charge in [-0.25, -0.2) is 9.78 Å². The van der Waals surface area contributed by atoms with Gasteiger partial charge in [-0.15, -0.1) is 0 Å². The number of halogens is 2. The van der Waals surface area contributed by atoms with Gasteiger partial charge in [-0.3, -0.25) is 14.2 Å². The van der Waals surface area contributed by atoms with E-state index >= 15 is 0 Å². The average molecular weight is 614 g/mol. The molecule has 1 unspecified atom stereocenters. The van der Waals surface area contributed by atoms with Crippen molar-refractivity contribution in [3.63, 3.8) is 0 Å². The SMILES string of the molecule is COc1nc(-c2cccc(-c3cccc(NC(=O)c4cn(C)c(=O)n(C)c4=O)c3Cl)c2Cl)ccc1CNCC(O)CO. The van der Waals surface area contributed by atoms with E-state index in [-0.39, 0.29) is 29.4 Å². The lowest BCUT2D eigenvalue weighted by Gasteiger charge is -2.15. The predicted octanol–water partition coefficient (Wildman–Crippen LogP) is 2.82. The number of aliphatic hydroxyl groups is 2. The molecule has 0 saturated heterocycles. The number of carbonyl (C=O) groups is 1. The Morgan fingerprint density at radius 3 is 2.38 bits per heavy atom. The Bertz CT molecular complexity index is 1750. The van der Waals surface area contributed by atoms with Crippen LogP contribution in [0.4, 0.5) is 5.69 Å². The number of rotatable bonds is 10. The number of aromatic nitrogens is 3. The van der Waals surface area contributed by atoms with E-state index in [1.807, 2.05) is 6.07 Å². The number of anilines is 1. The lowest BCUT2D eigenvalue weighted by atomic mass is 10.00. The zero-order valence-electron chi connectivity index (χ0n) is 23.0. The minimum Gasteiger partial charge on any atom is -0.481 e. The molecule has 0 radical (unpaired) electrons. The number of pyridine rings is 1. The number of nitrogens with zero attached hydrogens (tertiary/aromatic N) is 3. The molecule has 2 heterocycles. The van der Waals surface area contributed by atoms with Crippen molar-refractivity contribution in [3.05, 3.63) is 96.7 Å². The molecule has 0 aliphatic rings. The summed E-state index contributed by atoms with van der Waals surface area (Å²) in [5.74, 6) is -0.353. The van der Waals surface area contributed by atoms with E-state index in [1.54, 1.807) is 42.5 Å². The number of ether oxygens (including phenoxy) is 1. The van der Waals surface area contributed by atoms with Crippen LogP contribution >= 0.6 is 23.2 Å². The lowest BCUT2D eigenvalue weighted by Crippen LogP contribution is -2.40. The summed E-state index contributed by atoms with van der Waals surface area (Å²) >= 11 is 13.6. The molecule has 4 rings (SSSR count). The average Bonchev–Trinajstić information content (AvgIpc) is 2.99.